The highest BCUT2D eigenvalue weighted by Crippen LogP contribution is 2.06. The molecule has 0 saturated heterocycles. The molecule has 1 rings (SSSR count). The van der Waals surface area contributed by atoms with Gasteiger partial charge in [0.1, 0.15) is 5.60 Å². The minimum Gasteiger partial charge on any atom is -0.444 e. The lowest BCUT2D eigenvalue weighted by Crippen LogP contribution is -2.32. The van der Waals surface area contributed by atoms with Gasteiger partial charge in [0, 0.05) is 24.9 Å². The number of amides is 1. The minimum atomic E-state index is -0.481. The number of hydrogen-bond donors (Lipinski definition) is 1. The van der Waals surface area contributed by atoms with E-state index in [-0.39, 0.29) is 0 Å². The molecular weight excluding hydrogens is 242 g/mol. The summed E-state index contributed by atoms with van der Waals surface area (Å²) in [4.78, 5) is 19.5. The Hall–Kier alpha value is -2.09. The van der Waals surface area contributed by atoms with Crippen LogP contribution in [-0.2, 0) is 4.74 Å². The smallest absolute Gasteiger partial charge is 0.407 e. The summed E-state index contributed by atoms with van der Waals surface area (Å²) in [6.07, 6.45) is 1.77. The third-order valence-electron chi connectivity index (χ3n) is 1.91. The second-order valence-electron chi connectivity index (χ2n) is 5.00. The van der Waals surface area contributed by atoms with Crippen molar-refractivity contribution in [3.05, 3.63) is 23.8 Å². The molecule has 0 saturated carbocycles. The zero-order valence-corrected chi connectivity index (χ0v) is 11.8. The van der Waals surface area contributed by atoms with Gasteiger partial charge in [-0.15, -0.1) is 0 Å². The van der Waals surface area contributed by atoms with Gasteiger partial charge in [0.05, 0.1) is 0 Å². The lowest BCUT2D eigenvalue weighted by Gasteiger charge is -2.19. The number of alkyl carbamates (subject to hydrolysis) is 1. The summed E-state index contributed by atoms with van der Waals surface area (Å²) in [6.45, 7) is 7.79. The van der Waals surface area contributed by atoms with Gasteiger partial charge >= 0.3 is 6.09 Å². The van der Waals surface area contributed by atoms with Crippen molar-refractivity contribution >= 4 is 6.09 Å². The molecule has 1 aromatic heterocycles. The van der Waals surface area contributed by atoms with E-state index in [2.05, 4.69) is 27.1 Å². The molecule has 1 heterocycles. The molecule has 5 heteroatoms. The summed E-state index contributed by atoms with van der Waals surface area (Å²) < 4.78 is 5.10. The van der Waals surface area contributed by atoms with Gasteiger partial charge in [0.25, 0.3) is 0 Å². The van der Waals surface area contributed by atoms with Crippen LogP contribution in [0.4, 0.5) is 4.79 Å². The van der Waals surface area contributed by atoms with E-state index in [1.54, 1.807) is 6.20 Å². The fraction of sp³-hybridized carbons (Fsp3) is 0.500. The number of hydrogen-bond acceptors (Lipinski definition) is 4. The maximum atomic E-state index is 11.3. The van der Waals surface area contributed by atoms with Crippen LogP contribution in [0.15, 0.2) is 12.3 Å². The van der Waals surface area contributed by atoms with E-state index < -0.39 is 11.7 Å². The highest BCUT2D eigenvalue weighted by Gasteiger charge is 2.15. The van der Waals surface area contributed by atoms with Gasteiger partial charge in [-0.05, 0) is 39.7 Å². The van der Waals surface area contributed by atoms with Crippen molar-refractivity contribution in [2.45, 2.75) is 39.7 Å². The van der Waals surface area contributed by atoms with Gasteiger partial charge in [-0.3, -0.25) is 0 Å². The van der Waals surface area contributed by atoms with Gasteiger partial charge in [-0.2, -0.15) is 0 Å². The molecule has 19 heavy (non-hydrogen) atoms. The predicted octanol–water partition coefficient (Wildman–Crippen LogP) is 2.05. The second-order valence-corrected chi connectivity index (χ2v) is 5.00. The number of nitrogens with zero attached hydrogens (tertiary/aromatic N) is 2. The van der Waals surface area contributed by atoms with Crippen LogP contribution in [0.25, 0.3) is 0 Å². The van der Waals surface area contributed by atoms with E-state index in [0.29, 0.717) is 18.8 Å². The average Bonchev–Trinajstić information content (AvgIpc) is 2.26. The molecule has 0 aliphatic rings. The summed E-state index contributed by atoms with van der Waals surface area (Å²) in [6, 6.07) is 1.81. The fourth-order valence-electron chi connectivity index (χ4n) is 1.19. The molecule has 0 unspecified atom stereocenters. The van der Waals surface area contributed by atoms with E-state index in [9.17, 15) is 4.79 Å². The van der Waals surface area contributed by atoms with Gasteiger partial charge in [0.2, 0.25) is 5.82 Å². The van der Waals surface area contributed by atoms with E-state index in [4.69, 9.17) is 4.74 Å². The van der Waals surface area contributed by atoms with Crippen LogP contribution in [0.3, 0.4) is 0 Å². The molecule has 0 fully saturated rings. The first-order valence-corrected chi connectivity index (χ1v) is 6.12. The van der Waals surface area contributed by atoms with Crippen LogP contribution < -0.4 is 5.32 Å². The molecule has 0 atom stereocenters. The van der Waals surface area contributed by atoms with E-state index in [0.717, 1.165) is 5.69 Å². The van der Waals surface area contributed by atoms with E-state index in [1.165, 1.54) is 0 Å². The lowest BCUT2D eigenvalue weighted by atomic mass is 10.2. The van der Waals surface area contributed by atoms with Crippen LogP contribution in [0.1, 0.15) is 38.7 Å². The van der Waals surface area contributed by atoms with Crippen molar-refractivity contribution in [1.82, 2.24) is 15.3 Å². The largest absolute Gasteiger partial charge is 0.444 e. The van der Waals surface area contributed by atoms with Crippen LogP contribution in [-0.4, -0.2) is 28.2 Å². The molecular formula is C14H19N3O2. The van der Waals surface area contributed by atoms with Gasteiger partial charge in [-0.1, -0.05) is 5.92 Å². The standard InChI is InChI=1S/C14H19N3O2/c1-11-8-10-15-12(17-11)7-5-6-9-16-13(18)19-14(2,3)4/h8,10H,6,9H2,1-4H3,(H,16,18). The molecule has 0 aliphatic carbocycles. The molecule has 1 aromatic rings. The lowest BCUT2D eigenvalue weighted by molar-refractivity contribution is 0.0529. The van der Waals surface area contributed by atoms with E-state index >= 15 is 0 Å². The van der Waals surface area contributed by atoms with E-state index in [1.807, 2.05) is 33.8 Å². The zero-order valence-electron chi connectivity index (χ0n) is 11.8. The van der Waals surface area contributed by atoms with Crippen molar-refractivity contribution in [2.24, 2.45) is 0 Å². The van der Waals surface area contributed by atoms with Crippen LogP contribution in [0, 0.1) is 18.8 Å². The Kier molecular flexibility index (Phi) is 5.31. The summed E-state index contributed by atoms with van der Waals surface area (Å²) in [7, 11) is 0. The Balaban J connectivity index is 2.30. The molecule has 0 aliphatic heterocycles. The molecule has 0 radical (unpaired) electrons. The molecule has 0 spiro atoms. The number of nitrogens with one attached hydrogen (secondary N) is 1. The molecule has 0 bridgehead atoms. The normalized spacial score (nSPS) is 10.3. The first-order chi connectivity index (χ1) is 8.87. The predicted molar refractivity (Wildman–Crippen MR) is 72.5 cm³/mol. The number of carbonyl (C=O) groups excluding carboxylic acids is 1. The van der Waals surface area contributed by atoms with Crippen molar-refractivity contribution in [2.75, 3.05) is 6.54 Å². The monoisotopic (exact) mass is 261 g/mol. The zero-order chi connectivity index (χ0) is 14.3. The number of aryl methyl sites for hydroxylation is 1. The van der Waals surface area contributed by atoms with Crippen molar-refractivity contribution in [3.63, 3.8) is 0 Å². The first kappa shape index (κ1) is 15.0. The molecule has 102 valence electrons. The maximum absolute atomic E-state index is 11.3. The summed E-state index contributed by atoms with van der Waals surface area (Å²) in [5, 5.41) is 2.63. The number of carbonyl (C=O) groups is 1. The molecule has 0 aromatic carbocycles. The van der Waals surface area contributed by atoms with Crippen LogP contribution in [0.5, 0.6) is 0 Å². The average molecular weight is 261 g/mol. The quantitative estimate of drug-likeness (QED) is 0.653. The minimum absolute atomic E-state index is 0.430. The third-order valence-corrected chi connectivity index (χ3v) is 1.91. The number of rotatable bonds is 2. The first-order valence-electron chi connectivity index (χ1n) is 6.12. The Morgan fingerprint density at radius 3 is 2.84 bits per heavy atom. The molecule has 1 amide bonds. The van der Waals surface area contributed by atoms with Gasteiger partial charge in [-0.25, -0.2) is 14.8 Å². The Morgan fingerprint density at radius 1 is 1.47 bits per heavy atom. The van der Waals surface area contributed by atoms with Crippen molar-refractivity contribution < 1.29 is 9.53 Å². The topological polar surface area (TPSA) is 64.1 Å². The Labute approximate surface area is 113 Å². The number of ether oxygens (including phenoxy) is 1. The van der Waals surface area contributed by atoms with Crippen molar-refractivity contribution in [1.29, 1.82) is 0 Å². The third kappa shape index (κ3) is 7.04. The maximum Gasteiger partial charge on any atom is 0.407 e. The number of aromatic nitrogens is 2. The summed E-state index contributed by atoms with van der Waals surface area (Å²) in [5.41, 5.74) is 0.400. The SMILES string of the molecule is Cc1ccnc(C#CCCNC(=O)OC(C)(C)C)n1. The molecule has 1 N–H and O–H groups in total. The summed E-state index contributed by atoms with van der Waals surface area (Å²) in [5.74, 6) is 6.24. The van der Waals surface area contributed by atoms with Crippen molar-refractivity contribution in [3.8, 4) is 11.8 Å². The van der Waals surface area contributed by atoms with Gasteiger partial charge < -0.3 is 10.1 Å². The van der Waals surface area contributed by atoms with Crippen LogP contribution in [0.2, 0.25) is 0 Å². The van der Waals surface area contributed by atoms with Crippen LogP contribution >= 0.6 is 0 Å². The second kappa shape index (κ2) is 6.74. The fourth-order valence-corrected chi connectivity index (χ4v) is 1.19. The summed E-state index contributed by atoms with van der Waals surface area (Å²) >= 11 is 0. The highest BCUT2D eigenvalue weighted by atomic mass is 16.6. The molecule has 5 nitrogen and oxygen atoms in total. The highest BCUT2D eigenvalue weighted by molar-refractivity contribution is 5.67. The Bertz CT molecular complexity index is 495. The Morgan fingerprint density at radius 2 is 2.21 bits per heavy atom. The van der Waals surface area contributed by atoms with Gasteiger partial charge in [0.15, 0.2) is 0 Å².